The molecule has 1 unspecified atom stereocenters. The van der Waals surface area contributed by atoms with Gasteiger partial charge in [0, 0.05) is 51.8 Å². The number of benzene rings is 1. The lowest BCUT2D eigenvalue weighted by Crippen LogP contribution is -2.53. The molecule has 0 aliphatic carbocycles. The predicted molar refractivity (Wildman–Crippen MR) is 92.6 cm³/mol. The SMILES string of the molecule is CN1C(=O)CCC1C(=O)N1CCN(Cc2ccc(C(N)=O)cc2)CC1. The smallest absolute Gasteiger partial charge is 0.248 e. The molecule has 0 aromatic heterocycles. The molecule has 1 atom stereocenters. The van der Waals surface area contributed by atoms with Crippen molar-refractivity contribution in [1.82, 2.24) is 14.7 Å². The number of piperazine rings is 1. The summed E-state index contributed by atoms with van der Waals surface area (Å²) in [5.74, 6) is -0.302. The Labute approximate surface area is 147 Å². The van der Waals surface area contributed by atoms with Crippen molar-refractivity contribution >= 4 is 17.7 Å². The van der Waals surface area contributed by atoms with E-state index in [1.54, 1.807) is 24.1 Å². The fraction of sp³-hybridized carbons (Fsp3) is 0.500. The van der Waals surface area contributed by atoms with Crippen molar-refractivity contribution in [3.05, 3.63) is 35.4 Å². The van der Waals surface area contributed by atoms with Crippen LogP contribution in [-0.2, 0) is 16.1 Å². The van der Waals surface area contributed by atoms with Crippen LogP contribution in [-0.4, -0.2) is 71.7 Å². The maximum atomic E-state index is 12.6. The molecule has 3 amide bonds. The zero-order valence-electron chi connectivity index (χ0n) is 14.5. The number of rotatable bonds is 4. The quantitative estimate of drug-likeness (QED) is 0.836. The lowest BCUT2D eigenvalue weighted by atomic mass is 10.1. The Balaban J connectivity index is 1.51. The van der Waals surface area contributed by atoms with Crippen molar-refractivity contribution in [2.75, 3.05) is 33.2 Å². The molecule has 134 valence electrons. The highest BCUT2D eigenvalue weighted by Gasteiger charge is 2.36. The Morgan fingerprint density at radius 3 is 2.28 bits per heavy atom. The van der Waals surface area contributed by atoms with Gasteiger partial charge in [-0.3, -0.25) is 19.3 Å². The molecule has 2 N–H and O–H groups in total. The third-order valence-electron chi connectivity index (χ3n) is 5.11. The molecule has 2 heterocycles. The van der Waals surface area contributed by atoms with Gasteiger partial charge in [0.15, 0.2) is 0 Å². The third kappa shape index (κ3) is 3.82. The van der Waals surface area contributed by atoms with Gasteiger partial charge in [0.1, 0.15) is 6.04 Å². The average Bonchev–Trinajstić information content (AvgIpc) is 2.94. The van der Waals surface area contributed by atoms with E-state index in [0.29, 0.717) is 31.5 Å². The molecule has 7 heteroatoms. The minimum Gasteiger partial charge on any atom is -0.366 e. The molecule has 1 aromatic rings. The van der Waals surface area contributed by atoms with E-state index < -0.39 is 5.91 Å². The summed E-state index contributed by atoms with van der Waals surface area (Å²) in [4.78, 5) is 41.0. The van der Waals surface area contributed by atoms with Crippen LogP contribution in [0.5, 0.6) is 0 Å². The highest BCUT2D eigenvalue weighted by Crippen LogP contribution is 2.20. The number of nitrogens with two attached hydrogens (primary N) is 1. The number of nitrogens with zero attached hydrogens (tertiary/aromatic N) is 3. The lowest BCUT2D eigenvalue weighted by molar-refractivity contribution is -0.141. The van der Waals surface area contributed by atoms with Crippen LogP contribution in [0.15, 0.2) is 24.3 Å². The van der Waals surface area contributed by atoms with Crippen LogP contribution >= 0.6 is 0 Å². The van der Waals surface area contributed by atoms with Crippen LogP contribution in [0.25, 0.3) is 0 Å². The maximum Gasteiger partial charge on any atom is 0.248 e. The highest BCUT2D eigenvalue weighted by molar-refractivity contribution is 5.92. The number of hydrogen-bond acceptors (Lipinski definition) is 4. The summed E-state index contributed by atoms with van der Waals surface area (Å²) in [6.07, 6.45) is 1.09. The van der Waals surface area contributed by atoms with Gasteiger partial charge < -0.3 is 15.5 Å². The lowest BCUT2D eigenvalue weighted by Gasteiger charge is -2.36. The molecule has 0 bridgehead atoms. The molecule has 3 rings (SSSR count). The molecule has 2 fully saturated rings. The van der Waals surface area contributed by atoms with E-state index in [4.69, 9.17) is 5.73 Å². The minimum absolute atomic E-state index is 0.0522. The summed E-state index contributed by atoms with van der Waals surface area (Å²) in [6.45, 7) is 3.73. The summed E-state index contributed by atoms with van der Waals surface area (Å²) < 4.78 is 0. The van der Waals surface area contributed by atoms with Crippen molar-refractivity contribution in [3.8, 4) is 0 Å². The summed E-state index contributed by atoms with van der Waals surface area (Å²) in [7, 11) is 1.71. The molecule has 25 heavy (non-hydrogen) atoms. The van der Waals surface area contributed by atoms with Gasteiger partial charge in [-0.15, -0.1) is 0 Å². The molecule has 2 aliphatic rings. The zero-order valence-corrected chi connectivity index (χ0v) is 14.5. The van der Waals surface area contributed by atoms with Gasteiger partial charge in [-0.1, -0.05) is 12.1 Å². The van der Waals surface area contributed by atoms with E-state index in [0.717, 1.165) is 25.2 Å². The first-order chi connectivity index (χ1) is 12.0. The molecule has 7 nitrogen and oxygen atoms in total. The van der Waals surface area contributed by atoms with E-state index in [1.807, 2.05) is 17.0 Å². The zero-order chi connectivity index (χ0) is 18.0. The van der Waals surface area contributed by atoms with E-state index in [-0.39, 0.29) is 17.9 Å². The van der Waals surface area contributed by atoms with E-state index >= 15 is 0 Å². The summed E-state index contributed by atoms with van der Waals surface area (Å²) in [5.41, 5.74) is 6.88. The number of likely N-dealkylation sites (N-methyl/N-ethyl adjacent to an activating group) is 1. The van der Waals surface area contributed by atoms with Gasteiger partial charge in [0.05, 0.1) is 0 Å². The number of hydrogen-bond donors (Lipinski definition) is 1. The maximum absolute atomic E-state index is 12.6. The Kier molecular flexibility index (Phi) is 5.03. The van der Waals surface area contributed by atoms with E-state index in [1.165, 1.54) is 0 Å². The molecule has 2 saturated heterocycles. The fourth-order valence-corrected chi connectivity index (χ4v) is 3.46. The van der Waals surface area contributed by atoms with Gasteiger partial charge in [0.25, 0.3) is 0 Å². The van der Waals surface area contributed by atoms with Crippen molar-refractivity contribution in [3.63, 3.8) is 0 Å². The third-order valence-corrected chi connectivity index (χ3v) is 5.11. The average molecular weight is 344 g/mol. The number of carbonyl (C=O) groups excluding carboxylic acids is 3. The second-order valence-corrected chi connectivity index (χ2v) is 6.72. The van der Waals surface area contributed by atoms with Crippen molar-refractivity contribution < 1.29 is 14.4 Å². The largest absolute Gasteiger partial charge is 0.366 e. The fourth-order valence-electron chi connectivity index (χ4n) is 3.46. The van der Waals surface area contributed by atoms with Crippen LogP contribution in [0.2, 0.25) is 0 Å². The molecular weight excluding hydrogens is 320 g/mol. The standard InChI is InChI=1S/C18H24N4O3/c1-20-15(6-7-16(20)23)18(25)22-10-8-21(9-11-22)12-13-2-4-14(5-3-13)17(19)24/h2-5,15H,6-12H2,1H3,(H2,19,24). The molecular formula is C18H24N4O3. The number of primary amides is 1. The van der Waals surface area contributed by atoms with Crippen molar-refractivity contribution in [1.29, 1.82) is 0 Å². The van der Waals surface area contributed by atoms with Crippen LogP contribution < -0.4 is 5.73 Å². The second-order valence-electron chi connectivity index (χ2n) is 6.72. The second kappa shape index (κ2) is 7.23. The Morgan fingerprint density at radius 1 is 1.12 bits per heavy atom. The number of likely N-dealkylation sites (tertiary alicyclic amines) is 1. The molecule has 0 spiro atoms. The predicted octanol–water partition coefficient (Wildman–Crippen LogP) is 0.0505. The summed E-state index contributed by atoms with van der Waals surface area (Å²) in [6, 6.07) is 7.02. The Bertz CT molecular complexity index is 665. The van der Waals surface area contributed by atoms with Gasteiger partial charge in [0.2, 0.25) is 17.7 Å². The van der Waals surface area contributed by atoms with Crippen LogP contribution in [0, 0.1) is 0 Å². The van der Waals surface area contributed by atoms with Gasteiger partial charge in [-0.05, 0) is 24.1 Å². The van der Waals surface area contributed by atoms with Crippen molar-refractivity contribution in [2.24, 2.45) is 5.73 Å². The Hall–Kier alpha value is -2.41. The van der Waals surface area contributed by atoms with Crippen LogP contribution in [0.1, 0.15) is 28.8 Å². The van der Waals surface area contributed by atoms with Gasteiger partial charge in [-0.25, -0.2) is 0 Å². The van der Waals surface area contributed by atoms with Gasteiger partial charge in [-0.2, -0.15) is 0 Å². The minimum atomic E-state index is -0.422. The normalized spacial score (nSPS) is 21.6. The topological polar surface area (TPSA) is 87.0 Å². The van der Waals surface area contributed by atoms with E-state index in [9.17, 15) is 14.4 Å². The molecule has 0 saturated carbocycles. The van der Waals surface area contributed by atoms with Crippen LogP contribution in [0.3, 0.4) is 0 Å². The van der Waals surface area contributed by atoms with Gasteiger partial charge >= 0.3 is 0 Å². The molecule has 1 aromatic carbocycles. The monoisotopic (exact) mass is 344 g/mol. The van der Waals surface area contributed by atoms with Crippen molar-refractivity contribution in [2.45, 2.75) is 25.4 Å². The summed E-state index contributed by atoms with van der Waals surface area (Å²) in [5, 5.41) is 0. The first kappa shape index (κ1) is 17.4. The first-order valence-electron chi connectivity index (χ1n) is 8.61. The van der Waals surface area contributed by atoms with Crippen LogP contribution in [0.4, 0.5) is 0 Å². The highest BCUT2D eigenvalue weighted by atomic mass is 16.2. The first-order valence-corrected chi connectivity index (χ1v) is 8.61. The molecule has 2 aliphatic heterocycles. The molecule has 0 radical (unpaired) electrons. The number of carbonyl (C=O) groups is 3. The Morgan fingerprint density at radius 2 is 1.76 bits per heavy atom. The number of amides is 3. The summed E-state index contributed by atoms with van der Waals surface area (Å²) >= 11 is 0. The van der Waals surface area contributed by atoms with E-state index in [2.05, 4.69) is 4.90 Å².